The van der Waals surface area contributed by atoms with E-state index in [1.807, 2.05) is 6.08 Å². The molecule has 0 aromatic rings. The van der Waals surface area contributed by atoms with Crippen molar-refractivity contribution >= 4 is 0 Å². The molecule has 1 aliphatic carbocycles. The van der Waals surface area contributed by atoms with E-state index in [1.165, 1.54) is 5.57 Å². The summed E-state index contributed by atoms with van der Waals surface area (Å²) < 4.78 is 0. The van der Waals surface area contributed by atoms with E-state index < -0.39 is 5.60 Å². The minimum absolute atomic E-state index is 0.286. The molecule has 0 aromatic carbocycles. The first-order chi connectivity index (χ1) is 5.96. The number of aliphatic hydroxyl groups is 1. The third-order valence-corrected chi connectivity index (χ3v) is 2.90. The van der Waals surface area contributed by atoms with E-state index >= 15 is 0 Å². The molecule has 0 heterocycles. The van der Waals surface area contributed by atoms with Gasteiger partial charge in [0.05, 0.1) is 5.60 Å². The molecule has 0 aliphatic heterocycles. The maximum absolute atomic E-state index is 10.1. The zero-order valence-corrected chi connectivity index (χ0v) is 9.04. The van der Waals surface area contributed by atoms with Crippen molar-refractivity contribution in [1.29, 1.82) is 0 Å². The first-order valence-corrected chi connectivity index (χ1v) is 5.07. The molecule has 1 atom stereocenters. The summed E-state index contributed by atoms with van der Waals surface area (Å²) in [4.78, 5) is 0. The largest absolute Gasteiger partial charge is 0.385 e. The van der Waals surface area contributed by atoms with Gasteiger partial charge in [-0.25, -0.2) is 0 Å². The van der Waals surface area contributed by atoms with Crippen LogP contribution in [-0.2, 0) is 0 Å². The highest BCUT2D eigenvalue weighted by Gasteiger charge is 2.28. The number of allylic oxidation sites excluding steroid dienone is 2. The van der Waals surface area contributed by atoms with Crippen molar-refractivity contribution in [1.82, 2.24) is 0 Å². The van der Waals surface area contributed by atoms with Crippen LogP contribution in [0.3, 0.4) is 0 Å². The quantitative estimate of drug-likeness (QED) is 0.692. The lowest BCUT2D eigenvalue weighted by atomic mass is 9.81. The summed E-state index contributed by atoms with van der Waals surface area (Å²) in [7, 11) is 0. The molecule has 1 rings (SSSR count). The monoisotopic (exact) mass is 180 g/mol. The smallest absolute Gasteiger partial charge is 0.0888 e. The molecule has 1 aliphatic rings. The third kappa shape index (κ3) is 2.22. The molecular formula is C12H20O. The van der Waals surface area contributed by atoms with Gasteiger partial charge in [0.1, 0.15) is 0 Å². The second-order valence-electron chi connectivity index (χ2n) is 4.54. The summed E-state index contributed by atoms with van der Waals surface area (Å²) in [5.41, 5.74) is 0.726. The van der Waals surface area contributed by atoms with Crippen LogP contribution in [0.15, 0.2) is 23.8 Å². The predicted molar refractivity (Wildman–Crippen MR) is 56.5 cm³/mol. The molecule has 1 unspecified atom stereocenters. The van der Waals surface area contributed by atoms with Gasteiger partial charge < -0.3 is 5.11 Å². The van der Waals surface area contributed by atoms with Crippen molar-refractivity contribution in [3.8, 4) is 0 Å². The Morgan fingerprint density at radius 2 is 1.92 bits per heavy atom. The molecule has 13 heavy (non-hydrogen) atoms. The van der Waals surface area contributed by atoms with Gasteiger partial charge in [0, 0.05) is 0 Å². The first kappa shape index (κ1) is 10.5. The molecule has 0 aromatic heterocycles. The molecule has 0 bridgehead atoms. The molecule has 0 saturated heterocycles. The highest BCUT2D eigenvalue weighted by Crippen LogP contribution is 2.30. The Balaban J connectivity index is 2.73. The fourth-order valence-electron chi connectivity index (χ4n) is 1.51. The molecule has 0 spiro atoms. The molecule has 1 nitrogen and oxygen atoms in total. The van der Waals surface area contributed by atoms with Gasteiger partial charge >= 0.3 is 0 Å². The lowest BCUT2D eigenvalue weighted by Crippen LogP contribution is -2.33. The maximum Gasteiger partial charge on any atom is 0.0888 e. The lowest BCUT2D eigenvalue weighted by Gasteiger charge is -2.31. The Labute approximate surface area is 81.2 Å². The summed E-state index contributed by atoms with van der Waals surface area (Å²) in [6.45, 7) is 8.46. The van der Waals surface area contributed by atoms with E-state index in [9.17, 15) is 5.11 Å². The second-order valence-corrected chi connectivity index (χ2v) is 4.54. The van der Waals surface area contributed by atoms with E-state index in [1.54, 1.807) is 0 Å². The fourth-order valence-corrected chi connectivity index (χ4v) is 1.51. The van der Waals surface area contributed by atoms with Gasteiger partial charge in [-0.15, -0.1) is 0 Å². The molecule has 74 valence electrons. The Morgan fingerprint density at radius 1 is 1.31 bits per heavy atom. The van der Waals surface area contributed by atoms with E-state index in [-0.39, 0.29) is 5.92 Å². The van der Waals surface area contributed by atoms with Crippen molar-refractivity contribution < 1.29 is 5.11 Å². The summed E-state index contributed by atoms with van der Waals surface area (Å²) >= 11 is 0. The number of hydrogen-bond acceptors (Lipinski definition) is 1. The zero-order chi connectivity index (χ0) is 10.1. The molecule has 0 amide bonds. The summed E-state index contributed by atoms with van der Waals surface area (Å²) in [6, 6.07) is 0. The average Bonchev–Trinajstić information content (AvgIpc) is 2.04. The van der Waals surface area contributed by atoms with Crippen molar-refractivity contribution in [2.45, 2.75) is 39.7 Å². The van der Waals surface area contributed by atoms with Crippen molar-refractivity contribution in [3.63, 3.8) is 0 Å². The van der Waals surface area contributed by atoms with Crippen LogP contribution in [0, 0.1) is 11.8 Å². The van der Waals surface area contributed by atoms with Crippen LogP contribution in [0.2, 0.25) is 0 Å². The SMILES string of the molecule is CC(C)C1=CCC(O)(C(C)C)C=C1. The van der Waals surface area contributed by atoms with Crippen molar-refractivity contribution in [2.24, 2.45) is 11.8 Å². The van der Waals surface area contributed by atoms with Gasteiger partial charge in [0.15, 0.2) is 0 Å². The van der Waals surface area contributed by atoms with Gasteiger partial charge in [0.2, 0.25) is 0 Å². The fraction of sp³-hybridized carbons (Fsp3) is 0.667. The minimum Gasteiger partial charge on any atom is -0.385 e. The number of rotatable bonds is 2. The molecule has 0 fully saturated rings. The van der Waals surface area contributed by atoms with Crippen LogP contribution < -0.4 is 0 Å². The Morgan fingerprint density at radius 3 is 2.23 bits per heavy atom. The van der Waals surface area contributed by atoms with Crippen LogP contribution in [-0.4, -0.2) is 10.7 Å². The summed E-state index contributed by atoms with van der Waals surface area (Å²) in [5.74, 6) is 0.849. The molecular weight excluding hydrogens is 160 g/mol. The highest BCUT2D eigenvalue weighted by molar-refractivity contribution is 5.29. The second kappa shape index (κ2) is 3.67. The van der Waals surface area contributed by atoms with E-state index in [4.69, 9.17) is 0 Å². The van der Waals surface area contributed by atoms with Gasteiger partial charge in [-0.2, -0.15) is 0 Å². The lowest BCUT2D eigenvalue weighted by molar-refractivity contribution is 0.0446. The van der Waals surface area contributed by atoms with Gasteiger partial charge in [-0.1, -0.05) is 45.9 Å². The predicted octanol–water partition coefficient (Wildman–Crippen LogP) is 2.92. The molecule has 1 heteroatoms. The zero-order valence-electron chi connectivity index (χ0n) is 9.04. The summed E-state index contributed by atoms with van der Waals surface area (Å²) in [5, 5.41) is 10.1. The van der Waals surface area contributed by atoms with E-state index in [0.29, 0.717) is 5.92 Å². The van der Waals surface area contributed by atoms with Crippen LogP contribution in [0.25, 0.3) is 0 Å². The van der Waals surface area contributed by atoms with Gasteiger partial charge in [0.25, 0.3) is 0 Å². The Kier molecular flexibility index (Phi) is 2.97. The van der Waals surface area contributed by atoms with Gasteiger partial charge in [-0.05, 0) is 23.8 Å². The highest BCUT2D eigenvalue weighted by atomic mass is 16.3. The third-order valence-electron chi connectivity index (χ3n) is 2.90. The van der Waals surface area contributed by atoms with Crippen LogP contribution in [0.1, 0.15) is 34.1 Å². The molecule has 1 N–H and O–H groups in total. The van der Waals surface area contributed by atoms with Crippen LogP contribution in [0.5, 0.6) is 0 Å². The van der Waals surface area contributed by atoms with E-state index in [0.717, 1.165) is 6.42 Å². The minimum atomic E-state index is -0.613. The summed E-state index contributed by atoms with van der Waals surface area (Å²) in [6.07, 6.45) is 6.93. The van der Waals surface area contributed by atoms with Crippen molar-refractivity contribution in [2.75, 3.05) is 0 Å². The Hall–Kier alpha value is -0.560. The van der Waals surface area contributed by atoms with Crippen molar-refractivity contribution in [3.05, 3.63) is 23.8 Å². The first-order valence-electron chi connectivity index (χ1n) is 5.07. The number of hydrogen-bond donors (Lipinski definition) is 1. The normalized spacial score (nSPS) is 28.4. The Bertz CT molecular complexity index is 236. The topological polar surface area (TPSA) is 20.2 Å². The standard InChI is InChI=1S/C12H20O/c1-9(2)11-5-7-12(13,8-6-11)10(3)4/h5-7,9-10,13H,8H2,1-4H3. The molecule has 0 radical (unpaired) electrons. The average molecular weight is 180 g/mol. The molecule has 0 saturated carbocycles. The van der Waals surface area contributed by atoms with Crippen LogP contribution in [0.4, 0.5) is 0 Å². The van der Waals surface area contributed by atoms with E-state index in [2.05, 4.69) is 39.8 Å². The van der Waals surface area contributed by atoms with Gasteiger partial charge in [-0.3, -0.25) is 0 Å². The maximum atomic E-state index is 10.1. The van der Waals surface area contributed by atoms with Crippen LogP contribution >= 0.6 is 0 Å².